The number of fused-ring (bicyclic) bond motifs is 1. The van der Waals surface area contributed by atoms with Crippen LogP contribution in [0.3, 0.4) is 0 Å². The number of imidazole rings is 1. The lowest BCUT2D eigenvalue weighted by Gasteiger charge is -2.32. The number of likely N-dealkylation sites (N-methyl/N-ethyl adjacent to an activating group) is 1. The summed E-state index contributed by atoms with van der Waals surface area (Å²) in [5.41, 5.74) is 2.02. The molecule has 0 spiro atoms. The molecule has 1 aliphatic heterocycles. The van der Waals surface area contributed by atoms with E-state index in [4.69, 9.17) is 0 Å². The summed E-state index contributed by atoms with van der Waals surface area (Å²) in [7, 11) is 2.08. The summed E-state index contributed by atoms with van der Waals surface area (Å²) in [5.74, 6) is 1.81. The van der Waals surface area contributed by atoms with Gasteiger partial charge in [-0.25, -0.2) is 4.98 Å². The Bertz CT molecular complexity index is 1100. The molecule has 0 radical (unpaired) electrons. The number of hydrogen-bond acceptors (Lipinski definition) is 5. The van der Waals surface area contributed by atoms with Crippen LogP contribution in [-0.2, 0) is 4.79 Å². The lowest BCUT2D eigenvalue weighted by atomic mass is 10.2. The first-order valence-corrected chi connectivity index (χ1v) is 12.1. The van der Waals surface area contributed by atoms with E-state index in [0.717, 1.165) is 59.2 Å². The molecule has 32 heavy (non-hydrogen) atoms. The summed E-state index contributed by atoms with van der Waals surface area (Å²) < 4.78 is 0. The van der Waals surface area contributed by atoms with Crippen LogP contribution >= 0.6 is 11.3 Å². The van der Waals surface area contributed by atoms with Crippen molar-refractivity contribution in [3.05, 3.63) is 52.0 Å². The lowest BCUT2D eigenvalue weighted by molar-refractivity contribution is -0.122. The second-order valence-corrected chi connectivity index (χ2v) is 10.1. The topological polar surface area (TPSA) is 81.3 Å². The van der Waals surface area contributed by atoms with Gasteiger partial charge in [-0.1, -0.05) is 12.1 Å². The zero-order valence-electron chi connectivity index (χ0n) is 18.5. The van der Waals surface area contributed by atoms with Gasteiger partial charge < -0.3 is 20.1 Å². The number of aromatic nitrogens is 2. The van der Waals surface area contributed by atoms with Gasteiger partial charge in [0.25, 0.3) is 5.91 Å². The van der Waals surface area contributed by atoms with Crippen LogP contribution in [0.5, 0.6) is 0 Å². The standard InChI is InChI=1S/C24H29N5O2S/c1-15(20-7-8-21(32-20)24(31)29-11-9-28(2)10-12-29)25-22(30)14-16-13-17(16)23-26-18-5-3-4-6-19(18)27-23/h3-8,15-17H,9-14H2,1-2H3,(H,25,30)(H,26,27)/t15-,16+,17-/m1/s1. The molecule has 2 fully saturated rings. The molecule has 0 unspecified atom stereocenters. The number of amides is 2. The molecule has 168 valence electrons. The van der Waals surface area contributed by atoms with Crippen LogP contribution in [0, 0.1) is 5.92 Å². The summed E-state index contributed by atoms with van der Waals surface area (Å²) in [4.78, 5) is 39.4. The van der Waals surface area contributed by atoms with Gasteiger partial charge in [-0.2, -0.15) is 0 Å². The molecule has 1 saturated carbocycles. The molecule has 2 aliphatic rings. The molecule has 0 bridgehead atoms. The Morgan fingerprint density at radius 2 is 1.97 bits per heavy atom. The number of thiophene rings is 1. The van der Waals surface area contributed by atoms with E-state index in [2.05, 4.69) is 27.2 Å². The molecule has 3 aromatic rings. The summed E-state index contributed by atoms with van der Waals surface area (Å²) in [6, 6.07) is 11.8. The van der Waals surface area contributed by atoms with Crippen LogP contribution < -0.4 is 5.32 Å². The van der Waals surface area contributed by atoms with E-state index in [0.29, 0.717) is 18.3 Å². The van der Waals surface area contributed by atoms with Crippen molar-refractivity contribution in [1.82, 2.24) is 25.1 Å². The second-order valence-electron chi connectivity index (χ2n) is 9.03. The first-order chi connectivity index (χ1) is 15.5. The average Bonchev–Trinajstić information content (AvgIpc) is 3.19. The maximum Gasteiger partial charge on any atom is 0.264 e. The third-order valence-electron chi connectivity index (χ3n) is 6.56. The highest BCUT2D eigenvalue weighted by molar-refractivity contribution is 7.14. The molecule has 7 nitrogen and oxygen atoms in total. The van der Waals surface area contributed by atoms with E-state index in [9.17, 15) is 9.59 Å². The highest BCUT2D eigenvalue weighted by Crippen LogP contribution is 2.48. The van der Waals surface area contributed by atoms with Gasteiger partial charge in [0.15, 0.2) is 0 Å². The third-order valence-corrected chi connectivity index (χ3v) is 7.82. The fraction of sp³-hybridized carbons (Fsp3) is 0.458. The highest BCUT2D eigenvalue weighted by atomic mass is 32.1. The Hall–Kier alpha value is -2.71. The zero-order valence-corrected chi connectivity index (χ0v) is 19.3. The second kappa shape index (κ2) is 8.67. The maximum atomic E-state index is 12.8. The van der Waals surface area contributed by atoms with Gasteiger partial charge in [0, 0.05) is 43.4 Å². The van der Waals surface area contributed by atoms with Gasteiger partial charge >= 0.3 is 0 Å². The number of nitrogens with one attached hydrogen (secondary N) is 2. The molecule has 1 aliphatic carbocycles. The van der Waals surface area contributed by atoms with Crippen LogP contribution in [0.25, 0.3) is 11.0 Å². The smallest absolute Gasteiger partial charge is 0.264 e. The van der Waals surface area contributed by atoms with Crippen LogP contribution in [0.15, 0.2) is 36.4 Å². The van der Waals surface area contributed by atoms with Crippen molar-refractivity contribution in [2.45, 2.75) is 31.7 Å². The van der Waals surface area contributed by atoms with E-state index in [1.54, 1.807) is 0 Å². The summed E-state index contributed by atoms with van der Waals surface area (Å²) >= 11 is 1.49. The summed E-state index contributed by atoms with van der Waals surface area (Å²) in [6.45, 7) is 5.34. The third kappa shape index (κ3) is 4.42. The van der Waals surface area contributed by atoms with Crippen molar-refractivity contribution >= 4 is 34.2 Å². The molecule has 5 rings (SSSR count). The Balaban J connectivity index is 1.13. The number of rotatable bonds is 6. The van der Waals surface area contributed by atoms with Crippen LogP contribution in [0.2, 0.25) is 0 Å². The highest BCUT2D eigenvalue weighted by Gasteiger charge is 2.42. The lowest BCUT2D eigenvalue weighted by Crippen LogP contribution is -2.46. The predicted molar refractivity (Wildman–Crippen MR) is 126 cm³/mol. The number of aromatic amines is 1. The number of piperazine rings is 1. The normalized spacial score (nSPS) is 22.1. The Morgan fingerprint density at radius 3 is 2.75 bits per heavy atom. The number of H-pyrrole nitrogens is 1. The molecule has 3 atom stereocenters. The van der Waals surface area contributed by atoms with Gasteiger partial charge in [0.2, 0.25) is 5.91 Å². The number of nitrogens with zero attached hydrogens (tertiary/aromatic N) is 3. The van der Waals surface area contributed by atoms with Crippen molar-refractivity contribution in [1.29, 1.82) is 0 Å². The van der Waals surface area contributed by atoms with Gasteiger partial charge in [-0.05, 0) is 50.6 Å². The van der Waals surface area contributed by atoms with Crippen molar-refractivity contribution < 1.29 is 9.59 Å². The Morgan fingerprint density at radius 1 is 1.19 bits per heavy atom. The van der Waals surface area contributed by atoms with Crippen molar-refractivity contribution in [2.75, 3.05) is 33.2 Å². The first kappa shape index (κ1) is 21.2. The molecule has 2 aromatic heterocycles. The number of carbonyl (C=O) groups is 2. The van der Waals surface area contributed by atoms with E-state index in [1.807, 2.05) is 48.2 Å². The van der Waals surface area contributed by atoms with E-state index >= 15 is 0 Å². The predicted octanol–water partition coefficient (Wildman–Crippen LogP) is 3.38. The van der Waals surface area contributed by atoms with Crippen molar-refractivity contribution in [2.24, 2.45) is 5.92 Å². The molecule has 2 amide bonds. The minimum absolute atomic E-state index is 0.0569. The molecule has 1 aromatic carbocycles. The monoisotopic (exact) mass is 451 g/mol. The Labute approximate surface area is 191 Å². The van der Waals surface area contributed by atoms with Crippen LogP contribution in [-0.4, -0.2) is 64.8 Å². The zero-order chi connectivity index (χ0) is 22.2. The average molecular weight is 452 g/mol. The molecular formula is C24H29N5O2S. The molecule has 1 saturated heterocycles. The minimum Gasteiger partial charge on any atom is -0.349 e. The van der Waals surface area contributed by atoms with Gasteiger partial charge in [-0.15, -0.1) is 11.3 Å². The van der Waals surface area contributed by atoms with Crippen molar-refractivity contribution in [3.8, 4) is 0 Å². The fourth-order valence-electron chi connectivity index (χ4n) is 4.43. The molecule has 3 heterocycles. The quantitative estimate of drug-likeness (QED) is 0.602. The maximum absolute atomic E-state index is 12.8. The Kier molecular flexibility index (Phi) is 5.73. The van der Waals surface area contributed by atoms with Crippen molar-refractivity contribution in [3.63, 3.8) is 0 Å². The number of benzene rings is 1. The van der Waals surface area contributed by atoms with E-state index in [-0.39, 0.29) is 17.9 Å². The van der Waals surface area contributed by atoms with Crippen LogP contribution in [0.4, 0.5) is 0 Å². The molecular weight excluding hydrogens is 422 g/mol. The SMILES string of the molecule is C[C@@H](NC(=O)C[C@@H]1C[C@H]1c1nc2ccccc2[nH]1)c1ccc(C(=O)N2CCN(C)CC2)s1. The fourth-order valence-corrected chi connectivity index (χ4v) is 5.41. The van der Waals surface area contributed by atoms with Gasteiger partial charge in [0.05, 0.1) is 22.0 Å². The van der Waals surface area contributed by atoms with Gasteiger partial charge in [0.1, 0.15) is 5.82 Å². The number of carbonyl (C=O) groups excluding carboxylic acids is 2. The largest absolute Gasteiger partial charge is 0.349 e. The van der Waals surface area contributed by atoms with E-state index in [1.165, 1.54) is 11.3 Å². The van der Waals surface area contributed by atoms with Gasteiger partial charge in [-0.3, -0.25) is 9.59 Å². The summed E-state index contributed by atoms with van der Waals surface area (Å²) in [5, 5.41) is 3.11. The number of hydrogen-bond donors (Lipinski definition) is 2. The molecule has 8 heteroatoms. The minimum atomic E-state index is -0.107. The first-order valence-electron chi connectivity index (χ1n) is 11.3. The number of para-hydroxylation sites is 2. The molecule has 2 N–H and O–H groups in total. The van der Waals surface area contributed by atoms with E-state index < -0.39 is 0 Å². The summed E-state index contributed by atoms with van der Waals surface area (Å²) in [6.07, 6.45) is 1.49. The van der Waals surface area contributed by atoms with Crippen LogP contribution in [0.1, 0.15) is 52.1 Å².